The highest BCUT2D eigenvalue weighted by molar-refractivity contribution is 7.47. The van der Waals surface area contributed by atoms with Crippen molar-refractivity contribution < 1.29 is 37.3 Å². The van der Waals surface area contributed by atoms with Gasteiger partial charge in [-0.3, -0.25) is 18.6 Å². The molecule has 0 aliphatic rings. The van der Waals surface area contributed by atoms with Gasteiger partial charge in [-0.15, -0.1) is 0 Å². The number of nitrogens with zero attached hydrogens (tertiary/aromatic N) is 1. The van der Waals surface area contributed by atoms with Crippen molar-refractivity contribution in [3.8, 4) is 0 Å². The Balaban J connectivity index is 5.01. The molecule has 0 aromatic carbocycles. The zero-order valence-corrected chi connectivity index (χ0v) is 54.7. The molecule has 0 fully saturated rings. The number of esters is 1. The molecule has 0 bridgehead atoms. The number of rotatable bonds is 63. The van der Waals surface area contributed by atoms with Gasteiger partial charge in [-0.2, -0.15) is 0 Å². The first-order valence-electron chi connectivity index (χ1n) is 34.5. The number of phosphoric ester groups is 1. The van der Waals surface area contributed by atoms with Crippen LogP contribution in [0.3, 0.4) is 0 Å². The van der Waals surface area contributed by atoms with Crippen molar-refractivity contribution in [2.24, 2.45) is 0 Å². The van der Waals surface area contributed by atoms with E-state index < -0.39 is 20.0 Å². The first kappa shape index (κ1) is 78.0. The predicted molar refractivity (Wildman–Crippen MR) is 346 cm³/mol. The molecule has 0 aliphatic heterocycles. The number of carbonyl (C=O) groups excluding carboxylic acids is 2. The molecule has 2 N–H and O–H groups in total. The molecular weight excluding hydrogens is 1010 g/mol. The summed E-state index contributed by atoms with van der Waals surface area (Å²) in [5, 5.41) is 3.07. The number of unbranched alkanes of at least 4 members (excludes halogenated alkanes) is 41. The Kier molecular flexibility index (Phi) is 58.6. The van der Waals surface area contributed by atoms with Crippen LogP contribution in [0.1, 0.15) is 335 Å². The minimum Gasteiger partial charge on any atom is -0.456 e. The van der Waals surface area contributed by atoms with Crippen molar-refractivity contribution in [2.45, 2.75) is 348 Å². The van der Waals surface area contributed by atoms with Crippen LogP contribution >= 0.6 is 7.82 Å². The third kappa shape index (κ3) is 60.6. The minimum atomic E-state index is -4.45. The number of allylic oxidation sites excluding steroid dienone is 7. The molecular formula is C70H134N2O7P+. The lowest BCUT2D eigenvalue weighted by atomic mass is 10.0. The van der Waals surface area contributed by atoms with Gasteiger partial charge in [-0.1, -0.05) is 301 Å². The van der Waals surface area contributed by atoms with Gasteiger partial charge in [0.05, 0.1) is 33.8 Å². The van der Waals surface area contributed by atoms with Gasteiger partial charge in [0, 0.05) is 12.8 Å². The van der Waals surface area contributed by atoms with Gasteiger partial charge < -0.3 is 19.4 Å². The summed E-state index contributed by atoms with van der Waals surface area (Å²) in [5.41, 5.74) is 0. The second-order valence-electron chi connectivity index (χ2n) is 24.7. The quantitative estimate of drug-likeness (QED) is 0.0205. The van der Waals surface area contributed by atoms with Crippen LogP contribution in [-0.2, 0) is 27.9 Å². The van der Waals surface area contributed by atoms with Crippen LogP contribution in [0, 0.1) is 0 Å². The Morgan fingerprint density at radius 1 is 0.438 bits per heavy atom. The van der Waals surface area contributed by atoms with Crippen LogP contribution in [0.4, 0.5) is 0 Å². The highest BCUT2D eigenvalue weighted by Crippen LogP contribution is 2.43. The van der Waals surface area contributed by atoms with Crippen LogP contribution in [0.15, 0.2) is 48.6 Å². The number of hydrogen-bond acceptors (Lipinski definition) is 6. The number of phosphoric acid groups is 1. The van der Waals surface area contributed by atoms with Crippen LogP contribution in [0.25, 0.3) is 0 Å². The van der Waals surface area contributed by atoms with Crippen molar-refractivity contribution in [2.75, 3.05) is 40.9 Å². The zero-order valence-electron chi connectivity index (χ0n) is 53.8. The van der Waals surface area contributed by atoms with Crippen molar-refractivity contribution in [1.29, 1.82) is 0 Å². The normalized spacial score (nSPS) is 13.8. The van der Waals surface area contributed by atoms with Crippen molar-refractivity contribution in [3.63, 3.8) is 0 Å². The fraction of sp³-hybridized carbons (Fsp3) is 0.857. The molecule has 0 heterocycles. The predicted octanol–water partition coefficient (Wildman–Crippen LogP) is 21.6. The van der Waals surface area contributed by atoms with Crippen LogP contribution < -0.4 is 5.32 Å². The van der Waals surface area contributed by atoms with Crippen molar-refractivity contribution in [3.05, 3.63) is 48.6 Å². The lowest BCUT2D eigenvalue weighted by molar-refractivity contribution is -0.870. The number of nitrogens with one attached hydrogen (secondary N) is 1. The molecule has 9 nitrogen and oxygen atoms in total. The Labute approximate surface area is 497 Å². The van der Waals surface area contributed by atoms with E-state index in [1.807, 2.05) is 33.3 Å². The van der Waals surface area contributed by atoms with E-state index in [4.69, 9.17) is 13.8 Å². The molecule has 0 aromatic rings. The molecule has 470 valence electrons. The molecule has 3 unspecified atom stereocenters. The van der Waals surface area contributed by atoms with E-state index in [0.717, 1.165) is 70.6 Å². The summed E-state index contributed by atoms with van der Waals surface area (Å²) >= 11 is 0. The molecule has 10 heteroatoms. The number of quaternary nitrogens is 1. The minimum absolute atomic E-state index is 0.0424. The van der Waals surface area contributed by atoms with Crippen molar-refractivity contribution >= 4 is 19.7 Å². The van der Waals surface area contributed by atoms with E-state index in [9.17, 15) is 19.0 Å². The van der Waals surface area contributed by atoms with Crippen molar-refractivity contribution in [1.82, 2.24) is 5.32 Å². The molecule has 0 rings (SSSR count). The lowest BCUT2D eigenvalue weighted by Crippen LogP contribution is -2.47. The van der Waals surface area contributed by atoms with E-state index in [1.54, 1.807) is 0 Å². The van der Waals surface area contributed by atoms with Gasteiger partial charge in [0.15, 0.2) is 0 Å². The zero-order chi connectivity index (χ0) is 58.6. The number of hydrogen-bond donors (Lipinski definition) is 2. The van der Waals surface area contributed by atoms with E-state index >= 15 is 0 Å². The summed E-state index contributed by atoms with van der Waals surface area (Å²) in [4.78, 5) is 37.8. The average Bonchev–Trinajstić information content (AvgIpc) is 3.43. The van der Waals surface area contributed by atoms with E-state index in [0.29, 0.717) is 23.9 Å². The molecule has 1 amide bonds. The summed E-state index contributed by atoms with van der Waals surface area (Å²) in [6.07, 6.45) is 75.4. The second kappa shape index (κ2) is 60.1. The summed E-state index contributed by atoms with van der Waals surface area (Å²) in [5.74, 6) is -0.490. The number of amides is 1. The first-order chi connectivity index (χ1) is 38.9. The maximum absolute atomic E-state index is 13.6. The molecule has 3 atom stereocenters. The molecule has 80 heavy (non-hydrogen) atoms. The molecule has 0 saturated heterocycles. The molecule has 0 radical (unpaired) electrons. The Bertz CT molecular complexity index is 1510. The molecule has 0 spiro atoms. The summed E-state index contributed by atoms with van der Waals surface area (Å²) in [6.45, 7) is 7.03. The molecule has 0 aromatic heterocycles. The van der Waals surface area contributed by atoms with Crippen LogP contribution in [-0.4, -0.2) is 74.3 Å². The highest BCUT2D eigenvalue weighted by Gasteiger charge is 2.30. The average molecular weight is 1150 g/mol. The van der Waals surface area contributed by atoms with Gasteiger partial charge >= 0.3 is 13.8 Å². The fourth-order valence-electron chi connectivity index (χ4n) is 10.2. The van der Waals surface area contributed by atoms with Crippen LogP contribution in [0.2, 0.25) is 0 Å². The van der Waals surface area contributed by atoms with Gasteiger partial charge in [0.25, 0.3) is 0 Å². The summed E-state index contributed by atoms with van der Waals surface area (Å²) < 4.78 is 30.8. The highest BCUT2D eigenvalue weighted by atomic mass is 31.2. The second-order valence-corrected chi connectivity index (χ2v) is 26.2. The third-order valence-corrected chi connectivity index (χ3v) is 16.5. The van der Waals surface area contributed by atoms with Gasteiger partial charge in [-0.25, -0.2) is 4.57 Å². The van der Waals surface area contributed by atoms with E-state index in [2.05, 4.69) is 62.5 Å². The molecule has 0 aliphatic carbocycles. The van der Waals surface area contributed by atoms with Gasteiger partial charge in [0.1, 0.15) is 19.3 Å². The molecule has 0 saturated carbocycles. The van der Waals surface area contributed by atoms with Gasteiger partial charge in [0.2, 0.25) is 5.91 Å². The van der Waals surface area contributed by atoms with E-state index in [-0.39, 0.29) is 25.1 Å². The monoisotopic (exact) mass is 1150 g/mol. The van der Waals surface area contributed by atoms with E-state index in [1.165, 1.54) is 231 Å². The number of ether oxygens (including phenoxy) is 1. The Morgan fingerprint density at radius 3 is 1.16 bits per heavy atom. The third-order valence-electron chi connectivity index (χ3n) is 15.5. The lowest BCUT2D eigenvalue weighted by Gasteiger charge is -2.27. The topological polar surface area (TPSA) is 111 Å². The smallest absolute Gasteiger partial charge is 0.456 e. The maximum atomic E-state index is 13.6. The standard InChI is InChI=1S/C70H133N2O7P/c1-7-10-13-16-19-22-25-28-30-31-32-33-34-35-36-37-38-39-40-41-43-45-48-51-54-57-60-63-70(74)79-68(61-58-55-52-49-46-27-24-21-18-15-12-9-3)67(66-78-80(75,76)77-65-64-72(4,5)6)71-69(73)62-59-56-53-50-47-44-42-29-26-23-20-17-14-11-8-2/h19,22,28,30,32-33,58,61,67-68H,7-18,20-21,23-27,29,31,34-57,59-60,62-66H2,1-6H3,(H-,71,73,75,76)/p+1/b22-19-,30-28-,33-32-,61-58-. The first-order valence-corrected chi connectivity index (χ1v) is 36.0. The summed E-state index contributed by atoms with van der Waals surface area (Å²) in [6, 6.07) is -0.845. The Hall–Kier alpha value is -2.03. The largest absolute Gasteiger partial charge is 0.472 e. The SMILES string of the molecule is CCCCC/C=C\C/C=C\C/C=C\CCCCCCCCCCCCCCCCC(=O)OC(/C=C\CCCCCCCCCCCC)C(COP(=O)(O)OCC[N+](C)(C)C)NC(=O)CCCCCCCCCCCCCCCCC. The van der Waals surface area contributed by atoms with Crippen LogP contribution in [0.5, 0.6) is 0 Å². The maximum Gasteiger partial charge on any atom is 0.472 e. The fourth-order valence-corrected chi connectivity index (χ4v) is 10.9. The van der Waals surface area contributed by atoms with Gasteiger partial charge in [-0.05, 0) is 70.3 Å². The summed E-state index contributed by atoms with van der Waals surface area (Å²) in [7, 11) is 1.51. The Morgan fingerprint density at radius 2 is 0.762 bits per heavy atom. The number of carbonyl (C=O) groups is 2. The number of likely N-dealkylation sites (N-methyl/N-ethyl adjacent to an activating group) is 1.